The van der Waals surface area contributed by atoms with Gasteiger partial charge in [-0.3, -0.25) is 4.79 Å². The SMILES string of the molecule is CCC(C)NC(=O)Cn1c(C)cc(-c2nc(-c3ccc(F)cc3)no2)c1C. The molecule has 0 bridgehead atoms. The van der Waals surface area contributed by atoms with Crippen LogP contribution in [0, 0.1) is 19.7 Å². The number of carbonyl (C=O) groups is 1. The number of hydrogen-bond acceptors (Lipinski definition) is 4. The summed E-state index contributed by atoms with van der Waals surface area (Å²) < 4.78 is 20.4. The van der Waals surface area contributed by atoms with Crippen LogP contribution < -0.4 is 5.32 Å². The summed E-state index contributed by atoms with van der Waals surface area (Å²) in [5, 5.41) is 6.96. The van der Waals surface area contributed by atoms with Gasteiger partial charge < -0.3 is 14.4 Å². The minimum atomic E-state index is -0.318. The number of nitrogens with one attached hydrogen (secondary N) is 1. The molecule has 7 heteroatoms. The maximum Gasteiger partial charge on any atom is 0.260 e. The first kappa shape index (κ1) is 18.8. The van der Waals surface area contributed by atoms with E-state index in [1.807, 2.05) is 38.3 Å². The van der Waals surface area contributed by atoms with Crippen molar-refractivity contribution in [3.63, 3.8) is 0 Å². The fraction of sp³-hybridized carbons (Fsp3) is 0.350. The Morgan fingerprint density at radius 2 is 2.00 bits per heavy atom. The molecular weight excluding hydrogens is 347 g/mol. The molecule has 0 spiro atoms. The van der Waals surface area contributed by atoms with E-state index in [2.05, 4.69) is 15.5 Å². The van der Waals surface area contributed by atoms with Gasteiger partial charge in [-0.25, -0.2) is 4.39 Å². The van der Waals surface area contributed by atoms with Crippen LogP contribution in [0.3, 0.4) is 0 Å². The molecule has 3 rings (SSSR count). The number of aromatic nitrogens is 3. The fourth-order valence-electron chi connectivity index (χ4n) is 2.88. The van der Waals surface area contributed by atoms with Crippen molar-refractivity contribution in [1.82, 2.24) is 20.0 Å². The first-order chi connectivity index (χ1) is 12.9. The second-order valence-corrected chi connectivity index (χ2v) is 6.68. The van der Waals surface area contributed by atoms with E-state index < -0.39 is 0 Å². The summed E-state index contributed by atoms with van der Waals surface area (Å²) in [4.78, 5) is 16.7. The molecule has 142 valence electrons. The summed E-state index contributed by atoms with van der Waals surface area (Å²) in [5.74, 6) is 0.414. The Hall–Kier alpha value is -2.96. The Morgan fingerprint density at radius 3 is 2.67 bits per heavy atom. The molecule has 27 heavy (non-hydrogen) atoms. The predicted molar refractivity (Wildman–Crippen MR) is 100 cm³/mol. The largest absolute Gasteiger partial charge is 0.352 e. The number of halogens is 1. The highest BCUT2D eigenvalue weighted by molar-refractivity contribution is 5.76. The van der Waals surface area contributed by atoms with Gasteiger partial charge in [0.15, 0.2) is 0 Å². The van der Waals surface area contributed by atoms with E-state index in [0.717, 1.165) is 23.4 Å². The molecule has 1 unspecified atom stereocenters. The van der Waals surface area contributed by atoms with E-state index in [1.165, 1.54) is 12.1 Å². The first-order valence-electron chi connectivity index (χ1n) is 8.95. The lowest BCUT2D eigenvalue weighted by Gasteiger charge is -2.14. The van der Waals surface area contributed by atoms with Crippen LogP contribution in [0.15, 0.2) is 34.9 Å². The molecular formula is C20H23FN4O2. The molecule has 0 aliphatic carbocycles. The number of benzene rings is 1. The third kappa shape index (κ3) is 4.07. The minimum absolute atomic E-state index is 0.0322. The van der Waals surface area contributed by atoms with Crippen molar-refractivity contribution in [2.45, 2.75) is 46.7 Å². The van der Waals surface area contributed by atoms with Crippen molar-refractivity contribution in [2.24, 2.45) is 0 Å². The molecule has 3 aromatic rings. The minimum Gasteiger partial charge on any atom is -0.352 e. The average molecular weight is 370 g/mol. The summed E-state index contributed by atoms with van der Waals surface area (Å²) in [6.45, 7) is 8.10. The number of carbonyl (C=O) groups excluding carboxylic acids is 1. The first-order valence-corrected chi connectivity index (χ1v) is 8.95. The van der Waals surface area contributed by atoms with E-state index in [9.17, 15) is 9.18 Å². The zero-order valence-electron chi connectivity index (χ0n) is 15.9. The van der Waals surface area contributed by atoms with Crippen LogP contribution in [0.5, 0.6) is 0 Å². The second kappa shape index (κ2) is 7.73. The maximum atomic E-state index is 13.1. The van der Waals surface area contributed by atoms with Crippen LogP contribution in [0.2, 0.25) is 0 Å². The Bertz CT molecular complexity index is 944. The van der Waals surface area contributed by atoms with E-state index in [-0.39, 0.29) is 24.3 Å². The van der Waals surface area contributed by atoms with Crippen LogP contribution in [0.1, 0.15) is 31.7 Å². The summed E-state index contributed by atoms with van der Waals surface area (Å²) >= 11 is 0. The molecule has 0 saturated carbocycles. The van der Waals surface area contributed by atoms with Gasteiger partial charge >= 0.3 is 0 Å². The highest BCUT2D eigenvalue weighted by Gasteiger charge is 2.19. The molecule has 0 radical (unpaired) electrons. The van der Waals surface area contributed by atoms with Crippen LogP contribution >= 0.6 is 0 Å². The third-order valence-electron chi connectivity index (χ3n) is 4.65. The van der Waals surface area contributed by atoms with Crippen LogP contribution in [-0.2, 0) is 11.3 Å². The van der Waals surface area contributed by atoms with Crippen molar-refractivity contribution in [2.75, 3.05) is 0 Å². The summed E-state index contributed by atoms with van der Waals surface area (Å²) in [6, 6.07) is 7.98. The lowest BCUT2D eigenvalue weighted by atomic mass is 10.2. The number of hydrogen-bond donors (Lipinski definition) is 1. The predicted octanol–water partition coefficient (Wildman–Crippen LogP) is 3.88. The zero-order chi connectivity index (χ0) is 19.6. The van der Waals surface area contributed by atoms with Gasteiger partial charge in [0.2, 0.25) is 11.7 Å². The van der Waals surface area contributed by atoms with E-state index >= 15 is 0 Å². The Kier molecular flexibility index (Phi) is 5.39. The number of aryl methyl sites for hydroxylation is 1. The number of amides is 1. The van der Waals surface area contributed by atoms with Gasteiger partial charge in [0.25, 0.3) is 5.89 Å². The molecule has 0 fully saturated rings. The summed E-state index contributed by atoms with van der Waals surface area (Å²) in [7, 11) is 0. The monoisotopic (exact) mass is 370 g/mol. The molecule has 1 amide bonds. The molecule has 0 aliphatic rings. The summed E-state index contributed by atoms with van der Waals surface area (Å²) in [5.41, 5.74) is 3.27. The standard InChI is InChI=1S/C20H23FN4O2/c1-5-12(2)22-18(26)11-25-13(3)10-17(14(25)4)20-23-19(24-27-20)15-6-8-16(21)9-7-15/h6-10,12H,5,11H2,1-4H3,(H,22,26). The van der Waals surface area contributed by atoms with Crippen molar-refractivity contribution < 1.29 is 13.7 Å². The highest BCUT2D eigenvalue weighted by Crippen LogP contribution is 2.27. The van der Waals surface area contributed by atoms with Crippen LogP contribution in [0.25, 0.3) is 22.8 Å². The normalized spacial score (nSPS) is 12.2. The van der Waals surface area contributed by atoms with Crippen molar-refractivity contribution >= 4 is 5.91 Å². The maximum absolute atomic E-state index is 13.1. The molecule has 2 aromatic heterocycles. The van der Waals surface area contributed by atoms with Gasteiger partial charge in [-0.1, -0.05) is 12.1 Å². The van der Waals surface area contributed by atoms with Crippen molar-refractivity contribution in [3.05, 3.63) is 47.5 Å². The quantitative estimate of drug-likeness (QED) is 0.715. The van der Waals surface area contributed by atoms with E-state index in [1.54, 1.807) is 12.1 Å². The lowest BCUT2D eigenvalue weighted by Crippen LogP contribution is -2.35. The fourth-order valence-corrected chi connectivity index (χ4v) is 2.88. The smallest absolute Gasteiger partial charge is 0.260 e. The topological polar surface area (TPSA) is 73.0 Å². The van der Waals surface area contributed by atoms with Crippen molar-refractivity contribution in [3.8, 4) is 22.8 Å². The van der Waals surface area contributed by atoms with Crippen LogP contribution in [-0.4, -0.2) is 26.7 Å². The average Bonchev–Trinajstić information content (AvgIpc) is 3.22. The van der Waals surface area contributed by atoms with Crippen molar-refractivity contribution in [1.29, 1.82) is 0 Å². The molecule has 1 aromatic carbocycles. The van der Waals surface area contributed by atoms with E-state index in [4.69, 9.17) is 4.52 Å². The summed E-state index contributed by atoms with van der Waals surface area (Å²) in [6.07, 6.45) is 0.884. The Balaban J connectivity index is 1.84. The molecule has 0 saturated heterocycles. The molecule has 1 atom stereocenters. The Labute approximate surface area is 157 Å². The number of rotatable bonds is 6. The van der Waals surface area contributed by atoms with Crippen LogP contribution in [0.4, 0.5) is 4.39 Å². The van der Waals surface area contributed by atoms with Gasteiger partial charge in [0.1, 0.15) is 12.4 Å². The lowest BCUT2D eigenvalue weighted by molar-refractivity contribution is -0.122. The zero-order valence-corrected chi connectivity index (χ0v) is 15.9. The van der Waals surface area contributed by atoms with E-state index in [0.29, 0.717) is 17.3 Å². The van der Waals surface area contributed by atoms with Gasteiger partial charge in [-0.15, -0.1) is 0 Å². The highest BCUT2D eigenvalue weighted by atomic mass is 19.1. The molecule has 6 nitrogen and oxygen atoms in total. The molecule has 0 aliphatic heterocycles. The second-order valence-electron chi connectivity index (χ2n) is 6.68. The van der Waals surface area contributed by atoms with Gasteiger partial charge in [0.05, 0.1) is 5.56 Å². The van der Waals surface area contributed by atoms with Gasteiger partial charge in [-0.05, 0) is 57.5 Å². The Morgan fingerprint density at radius 1 is 1.30 bits per heavy atom. The molecule has 1 N–H and O–H groups in total. The number of nitrogens with zero attached hydrogens (tertiary/aromatic N) is 3. The molecule has 2 heterocycles. The third-order valence-corrected chi connectivity index (χ3v) is 4.65. The van der Waals surface area contributed by atoms with Gasteiger partial charge in [0, 0.05) is 23.0 Å². The van der Waals surface area contributed by atoms with Gasteiger partial charge in [-0.2, -0.15) is 4.98 Å².